The summed E-state index contributed by atoms with van der Waals surface area (Å²) in [5.41, 5.74) is 1.14. The van der Waals surface area contributed by atoms with Gasteiger partial charge in [0.1, 0.15) is 6.54 Å². The van der Waals surface area contributed by atoms with Gasteiger partial charge in [0.15, 0.2) is 5.96 Å². The van der Waals surface area contributed by atoms with E-state index in [-0.39, 0.29) is 54.3 Å². The van der Waals surface area contributed by atoms with E-state index in [0.29, 0.717) is 25.0 Å². The number of likely N-dealkylation sites (tertiary alicyclic amines) is 2. The van der Waals surface area contributed by atoms with Gasteiger partial charge in [0, 0.05) is 52.6 Å². The number of halogens is 1. The van der Waals surface area contributed by atoms with Crippen LogP contribution in [0.5, 0.6) is 0 Å². The summed E-state index contributed by atoms with van der Waals surface area (Å²) in [6.07, 6.45) is 2.89. The van der Waals surface area contributed by atoms with Crippen LogP contribution in [0, 0.1) is 5.92 Å². The van der Waals surface area contributed by atoms with Crippen LogP contribution in [0.2, 0.25) is 0 Å². The van der Waals surface area contributed by atoms with Crippen molar-refractivity contribution >= 4 is 41.8 Å². The molecule has 1 aromatic carbocycles. The Morgan fingerprint density at radius 2 is 1.88 bits per heavy atom. The lowest BCUT2D eigenvalue weighted by Gasteiger charge is -2.27. The van der Waals surface area contributed by atoms with Crippen molar-refractivity contribution in [3.05, 3.63) is 35.9 Å². The average molecular weight is 571 g/mol. The van der Waals surface area contributed by atoms with Crippen LogP contribution in [-0.4, -0.2) is 92.4 Å². The number of nitrogens with zero attached hydrogens (tertiary/aromatic N) is 4. The van der Waals surface area contributed by atoms with Crippen LogP contribution in [0.15, 0.2) is 35.3 Å². The molecule has 2 heterocycles. The van der Waals surface area contributed by atoms with Gasteiger partial charge in [-0.2, -0.15) is 0 Å². The Labute approximate surface area is 215 Å². The number of rotatable bonds is 8. The first-order chi connectivity index (χ1) is 15.4. The van der Waals surface area contributed by atoms with E-state index in [1.54, 1.807) is 19.0 Å². The summed E-state index contributed by atoms with van der Waals surface area (Å²) in [5.74, 6) is 0.881. The Bertz CT molecular complexity index is 803. The van der Waals surface area contributed by atoms with Crippen molar-refractivity contribution in [3.63, 3.8) is 0 Å². The lowest BCUT2D eigenvalue weighted by molar-refractivity contribution is -0.128. The fourth-order valence-electron chi connectivity index (χ4n) is 4.73. The monoisotopic (exact) mass is 570 g/mol. The second-order valence-corrected chi connectivity index (χ2v) is 8.96. The summed E-state index contributed by atoms with van der Waals surface area (Å²) in [6.45, 7) is 5.87. The summed E-state index contributed by atoms with van der Waals surface area (Å²) in [4.78, 5) is 35.0. The third-order valence-corrected chi connectivity index (χ3v) is 6.65. The molecule has 2 amide bonds. The van der Waals surface area contributed by atoms with Gasteiger partial charge in [0.05, 0.1) is 6.04 Å². The SMILES string of the molecule is CCN1CCCC1CNC(=NCC(=O)N(C)C)NCC1CC(=O)N(C)C1c1ccccc1.I. The Kier molecular flexibility index (Phi) is 10.9. The standard InChI is InChI=1S/C24H38N6O2.HI/c1-5-30-13-9-12-20(30)16-26-24(27-17-22(32)28(2)3)25-15-19-14-21(31)29(4)23(19)18-10-7-6-8-11-18;/h6-8,10-11,19-20,23H,5,9,12-17H2,1-4H3,(H2,25,26,27);1H. The van der Waals surface area contributed by atoms with E-state index < -0.39 is 0 Å². The lowest BCUT2D eigenvalue weighted by atomic mass is 9.94. The molecular formula is C24H39IN6O2. The van der Waals surface area contributed by atoms with Crippen molar-refractivity contribution in [3.8, 4) is 0 Å². The molecule has 2 aliphatic heterocycles. The van der Waals surface area contributed by atoms with Crippen LogP contribution in [-0.2, 0) is 9.59 Å². The molecule has 33 heavy (non-hydrogen) atoms. The summed E-state index contributed by atoms with van der Waals surface area (Å²) in [6, 6.07) is 10.7. The second-order valence-electron chi connectivity index (χ2n) is 8.96. The van der Waals surface area contributed by atoms with E-state index in [0.717, 1.165) is 25.2 Å². The van der Waals surface area contributed by atoms with Crippen LogP contribution in [0.25, 0.3) is 0 Å². The van der Waals surface area contributed by atoms with Crippen LogP contribution in [0.4, 0.5) is 0 Å². The molecule has 184 valence electrons. The first-order valence-electron chi connectivity index (χ1n) is 11.7. The number of carbonyl (C=O) groups excluding carboxylic acids is 2. The molecule has 2 N–H and O–H groups in total. The number of hydrogen-bond acceptors (Lipinski definition) is 4. The Hall–Kier alpha value is -1.88. The van der Waals surface area contributed by atoms with Gasteiger partial charge in [0.2, 0.25) is 11.8 Å². The van der Waals surface area contributed by atoms with Crippen LogP contribution in [0.3, 0.4) is 0 Å². The quantitative estimate of drug-likeness (QED) is 0.284. The first-order valence-corrected chi connectivity index (χ1v) is 11.7. The van der Waals surface area contributed by atoms with E-state index in [1.165, 1.54) is 12.8 Å². The molecule has 0 aliphatic carbocycles. The van der Waals surface area contributed by atoms with E-state index in [9.17, 15) is 9.59 Å². The number of hydrogen-bond donors (Lipinski definition) is 2. The minimum atomic E-state index is -0.0416. The predicted octanol–water partition coefficient (Wildman–Crippen LogP) is 1.93. The maximum atomic E-state index is 12.5. The molecule has 0 saturated carbocycles. The smallest absolute Gasteiger partial charge is 0.243 e. The molecule has 2 aliphatic rings. The molecule has 0 spiro atoms. The molecule has 3 rings (SSSR count). The zero-order valence-electron chi connectivity index (χ0n) is 20.3. The zero-order valence-corrected chi connectivity index (χ0v) is 22.6. The molecule has 2 fully saturated rings. The number of guanidine groups is 1. The van der Waals surface area contributed by atoms with Crippen LogP contribution in [0.1, 0.15) is 37.8 Å². The summed E-state index contributed by atoms with van der Waals surface area (Å²) in [7, 11) is 5.35. The molecule has 1 aromatic rings. The normalized spacial score (nSPS) is 23.4. The summed E-state index contributed by atoms with van der Waals surface area (Å²) < 4.78 is 0. The number of nitrogens with one attached hydrogen (secondary N) is 2. The van der Waals surface area contributed by atoms with Crippen molar-refractivity contribution in [2.75, 3.05) is 53.9 Å². The molecule has 0 aromatic heterocycles. The number of aliphatic imine (C=N–C) groups is 1. The molecule has 3 atom stereocenters. The molecule has 3 unspecified atom stereocenters. The van der Waals surface area contributed by atoms with Crippen LogP contribution < -0.4 is 10.6 Å². The number of benzene rings is 1. The van der Waals surface area contributed by atoms with E-state index in [2.05, 4.69) is 39.6 Å². The average Bonchev–Trinajstić information content (AvgIpc) is 3.37. The van der Waals surface area contributed by atoms with Gasteiger partial charge in [-0.25, -0.2) is 4.99 Å². The number of likely N-dealkylation sites (N-methyl/N-ethyl adjacent to an activating group) is 2. The van der Waals surface area contributed by atoms with Crippen molar-refractivity contribution < 1.29 is 9.59 Å². The fraction of sp³-hybridized carbons (Fsp3) is 0.625. The predicted molar refractivity (Wildman–Crippen MR) is 143 cm³/mol. The third-order valence-electron chi connectivity index (χ3n) is 6.65. The van der Waals surface area contributed by atoms with E-state index in [1.807, 2.05) is 30.1 Å². The lowest BCUT2D eigenvalue weighted by Crippen LogP contribution is -2.46. The molecule has 2 saturated heterocycles. The largest absolute Gasteiger partial charge is 0.356 e. The maximum absolute atomic E-state index is 12.5. The third kappa shape index (κ3) is 7.30. The Balaban J connectivity index is 0.00000385. The van der Waals surface area contributed by atoms with Gasteiger partial charge < -0.3 is 20.4 Å². The first kappa shape index (κ1) is 27.4. The van der Waals surface area contributed by atoms with E-state index >= 15 is 0 Å². The van der Waals surface area contributed by atoms with Gasteiger partial charge in [-0.3, -0.25) is 14.5 Å². The highest BCUT2D eigenvalue weighted by Gasteiger charge is 2.38. The van der Waals surface area contributed by atoms with Gasteiger partial charge >= 0.3 is 0 Å². The van der Waals surface area contributed by atoms with Crippen molar-refractivity contribution in [2.45, 2.75) is 38.3 Å². The van der Waals surface area contributed by atoms with Gasteiger partial charge in [-0.15, -0.1) is 24.0 Å². The maximum Gasteiger partial charge on any atom is 0.243 e. The minimum Gasteiger partial charge on any atom is -0.356 e. The minimum absolute atomic E-state index is 0. The zero-order chi connectivity index (χ0) is 23.1. The fourth-order valence-corrected chi connectivity index (χ4v) is 4.73. The summed E-state index contributed by atoms with van der Waals surface area (Å²) >= 11 is 0. The van der Waals surface area contributed by atoms with Crippen molar-refractivity contribution in [2.24, 2.45) is 10.9 Å². The van der Waals surface area contributed by atoms with Gasteiger partial charge in [0.25, 0.3) is 0 Å². The highest BCUT2D eigenvalue weighted by molar-refractivity contribution is 14.0. The molecule has 9 heteroatoms. The van der Waals surface area contributed by atoms with Gasteiger partial charge in [-0.05, 0) is 31.5 Å². The highest BCUT2D eigenvalue weighted by atomic mass is 127. The van der Waals surface area contributed by atoms with Crippen molar-refractivity contribution in [1.29, 1.82) is 0 Å². The van der Waals surface area contributed by atoms with Crippen molar-refractivity contribution in [1.82, 2.24) is 25.3 Å². The van der Waals surface area contributed by atoms with Crippen LogP contribution >= 0.6 is 24.0 Å². The molecule has 8 nitrogen and oxygen atoms in total. The Morgan fingerprint density at radius 1 is 1.18 bits per heavy atom. The molecule has 0 radical (unpaired) electrons. The summed E-state index contributed by atoms with van der Waals surface area (Å²) in [5, 5.41) is 6.87. The number of amides is 2. The topological polar surface area (TPSA) is 80.3 Å². The highest BCUT2D eigenvalue weighted by Crippen LogP contribution is 2.36. The molecular weight excluding hydrogens is 531 g/mol. The second kappa shape index (κ2) is 13.1. The Morgan fingerprint density at radius 3 is 2.55 bits per heavy atom. The number of carbonyl (C=O) groups is 2. The van der Waals surface area contributed by atoms with E-state index in [4.69, 9.17) is 0 Å². The van der Waals surface area contributed by atoms with Gasteiger partial charge in [-0.1, -0.05) is 37.3 Å². The molecule has 0 bridgehead atoms.